The van der Waals surface area contributed by atoms with Gasteiger partial charge in [0.15, 0.2) is 0 Å². The van der Waals surface area contributed by atoms with Gasteiger partial charge in [-0.3, -0.25) is 4.79 Å². The van der Waals surface area contributed by atoms with Crippen LogP contribution >= 0.6 is 0 Å². The number of carbonyl (C=O) groups excluding carboxylic acids is 1. The maximum Gasteiger partial charge on any atom is 0.289 e. The molecule has 132 valence electrons. The number of aromatic nitrogens is 4. The van der Waals surface area contributed by atoms with Crippen LogP contribution in [0, 0.1) is 0 Å². The van der Waals surface area contributed by atoms with Gasteiger partial charge in [-0.05, 0) is 25.3 Å². The molecule has 6 nitrogen and oxygen atoms in total. The second-order valence-corrected chi connectivity index (χ2v) is 6.54. The van der Waals surface area contributed by atoms with E-state index >= 15 is 0 Å². The van der Waals surface area contributed by atoms with Gasteiger partial charge in [0.2, 0.25) is 5.82 Å². The van der Waals surface area contributed by atoms with Gasteiger partial charge in [0, 0.05) is 41.3 Å². The SMILES string of the molecule is [B]c1cnc2[nH]cc(-c3cnc(C(=O)N[C@@H](C)C4=CCCC=C4)nc3)c2c1. The quantitative estimate of drug-likeness (QED) is 0.703. The van der Waals surface area contributed by atoms with E-state index in [-0.39, 0.29) is 17.8 Å². The number of hydrogen-bond acceptors (Lipinski definition) is 4. The number of nitrogens with zero attached hydrogens (tertiary/aromatic N) is 3. The predicted octanol–water partition coefficient (Wildman–Crippen LogP) is 2.21. The Morgan fingerprint density at radius 3 is 2.78 bits per heavy atom. The van der Waals surface area contributed by atoms with Crippen molar-refractivity contribution in [3.8, 4) is 11.1 Å². The lowest BCUT2D eigenvalue weighted by atomic mass is 9.96. The number of hydrogen-bond donors (Lipinski definition) is 2. The van der Waals surface area contributed by atoms with Gasteiger partial charge >= 0.3 is 0 Å². The highest BCUT2D eigenvalue weighted by molar-refractivity contribution is 6.33. The van der Waals surface area contributed by atoms with E-state index in [0.29, 0.717) is 5.46 Å². The molecule has 0 saturated carbocycles. The van der Waals surface area contributed by atoms with E-state index in [0.717, 1.165) is 40.6 Å². The lowest BCUT2D eigenvalue weighted by Crippen LogP contribution is -2.34. The van der Waals surface area contributed by atoms with Crippen LogP contribution in [0.5, 0.6) is 0 Å². The second kappa shape index (κ2) is 7.19. The summed E-state index contributed by atoms with van der Waals surface area (Å²) in [5, 5.41) is 3.83. The van der Waals surface area contributed by atoms with Crippen LogP contribution in [-0.4, -0.2) is 39.7 Å². The Hall–Kier alpha value is -3.22. The van der Waals surface area contributed by atoms with Crippen molar-refractivity contribution in [2.45, 2.75) is 25.8 Å². The zero-order valence-corrected chi connectivity index (χ0v) is 14.9. The van der Waals surface area contributed by atoms with Crippen LogP contribution in [0.1, 0.15) is 30.4 Å². The summed E-state index contributed by atoms with van der Waals surface area (Å²) >= 11 is 0. The molecule has 0 fully saturated rings. The average Bonchev–Trinajstić information content (AvgIpc) is 3.11. The number of amides is 1. The minimum absolute atomic E-state index is 0.0833. The molecule has 2 N–H and O–H groups in total. The second-order valence-electron chi connectivity index (χ2n) is 6.54. The van der Waals surface area contributed by atoms with Crippen LogP contribution in [0.15, 0.2) is 54.7 Å². The summed E-state index contributed by atoms with van der Waals surface area (Å²) in [5.41, 5.74) is 4.11. The van der Waals surface area contributed by atoms with E-state index in [1.807, 2.05) is 19.2 Å². The molecule has 0 spiro atoms. The molecule has 1 aliphatic carbocycles. The van der Waals surface area contributed by atoms with E-state index in [1.165, 1.54) is 0 Å². The molecular weight excluding hydrogens is 337 g/mol. The van der Waals surface area contributed by atoms with Crippen LogP contribution in [0.2, 0.25) is 0 Å². The Balaban J connectivity index is 1.53. The van der Waals surface area contributed by atoms with Gasteiger partial charge < -0.3 is 10.3 Å². The van der Waals surface area contributed by atoms with Gasteiger partial charge in [0.1, 0.15) is 13.5 Å². The number of allylic oxidation sites excluding steroid dienone is 2. The molecule has 7 heteroatoms. The Morgan fingerprint density at radius 2 is 2.04 bits per heavy atom. The van der Waals surface area contributed by atoms with E-state index in [9.17, 15) is 4.79 Å². The first-order valence-electron chi connectivity index (χ1n) is 8.84. The third-order valence-corrected chi connectivity index (χ3v) is 4.59. The lowest BCUT2D eigenvalue weighted by Gasteiger charge is -2.16. The minimum atomic E-state index is -0.293. The summed E-state index contributed by atoms with van der Waals surface area (Å²) < 4.78 is 0. The number of fused-ring (bicyclic) bond motifs is 1. The highest BCUT2D eigenvalue weighted by Crippen LogP contribution is 2.25. The van der Waals surface area contributed by atoms with Gasteiger partial charge in [-0.2, -0.15) is 0 Å². The summed E-state index contributed by atoms with van der Waals surface area (Å²) in [4.78, 5) is 28.3. The Kier molecular flexibility index (Phi) is 4.58. The van der Waals surface area contributed by atoms with Crippen LogP contribution in [-0.2, 0) is 0 Å². The van der Waals surface area contributed by atoms with Crippen molar-refractivity contribution in [1.82, 2.24) is 25.3 Å². The standard InChI is InChI=1S/C20H18BN5O/c1-12(13-5-3-2-4-6-13)26-20(27)19-22-8-14(9-23-19)17-11-25-18-16(17)7-15(21)10-24-18/h3,5-12H,2,4H2,1H3,(H,24,25)(H,26,27)/t12-/m0/s1. The van der Waals surface area contributed by atoms with Gasteiger partial charge in [0.25, 0.3) is 5.91 Å². The molecular formula is C20H18BN5O. The molecule has 1 aliphatic rings. The van der Waals surface area contributed by atoms with E-state index in [4.69, 9.17) is 7.85 Å². The van der Waals surface area contributed by atoms with Crippen molar-refractivity contribution in [1.29, 1.82) is 0 Å². The highest BCUT2D eigenvalue weighted by atomic mass is 16.2. The first-order valence-corrected chi connectivity index (χ1v) is 8.84. The summed E-state index contributed by atoms with van der Waals surface area (Å²) in [5.74, 6) is -0.151. The molecule has 2 radical (unpaired) electrons. The molecule has 0 aromatic carbocycles. The average molecular weight is 355 g/mol. The number of carbonyl (C=O) groups is 1. The number of rotatable bonds is 4. The Bertz CT molecular complexity index is 1050. The van der Waals surface area contributed by atoms with Gasteiger partial charge in [-0.25, -0.2) is 15.0 Å². The number of nitrogens with one attached hydrogen (secondary N) is 2. The van der Waals surface area contributed by atoms with Crippen molar-refractivity contribution < 1.29 is 4.79 Å². The molecule has 0 unspecified atom stereocenters. The summed E-state index contributed by atoms with van der Waals surface area (Å²) in [6, 6.07) is 1.77. The molecule has 0 bridgehead atoms. The van der Waals surface area contributed by atoms with Crippen LogP contribution in [0.4, 0.5) is 0 Å². The van der Waals surface area contributed by atoms with Gasteiger partial charge in [0.05, 0.1) is 6.04 Å². The highest BCUT2D eigenvalue weighted by Gasteiger charge is 2.16. The first-order chi connectivity index (χ1) is 13.1. The smallest absolute Gasteiger partial charge is 0.289 e. The van der Waals surface area contributed by atoms with Crippen LogP contribution in [0.25, 0.3) is 22.2 Å². The third kappa shape index (κ3) is 3.53. The first kappa shape index (κ1) is 17.2. The van der Waals surface area contributed by atoms with Crippen molar-refractivity contribution >= 4 is 30.2 Å². The molecule has 0 aliphatic heterocycles. The zero-order chi connectivity index (χ0) is 18.8. The number of H-pyrrole nitrogens is 1. The van der Waals surface area contributed by atoms with E-state index < -0.39 is 0 Å². The van der Waals surface area contributed by atoms with Gasteiger partial charge in [-0.1, -0.05) is 29.8 Å². The summed E-state index contributed by atoms with van der Waals surface area (Å²) in [6.45, 7) is 1.96. The number of aromatic amines is 1. The monoisotopic (exact) mass is 355 g/mol. The maximum absolute atomic E-state index is 12.4. The van der Waals surface area contributed by atoms with E-state index in [2.05, 4.69) is 43.5 Å². The number of pyridine rings is 1. The Labute approximate surface area is 158 Å². The normalized spacial score (nSPS) is 14.8. The fourth-order valence-corrected chi connectivity index (χ4v) is 3.14. The molecule has 0 saturated heterocycles. The lowest BCUT2D eigenvalue weighted by molar-refractivity contribution is 0.0935. The van der Waals surface area contributed by atoms with E-state index in [1.54, 1.807) is 18.6 Å². The molecule has 1 amide bonds. The zero-order valence-electron chi connectivity index (χ0n) is 14.9. The largest absolute Gasteiger partial charge is 0.346 e. The van der Waals surface area contributed by atoms with Crippen molar-refractivity contribution in [2.75, 3.05) is 0 Å². The molecule has 4 rings (SSSR count). The maximum atomic E-state index is 12.4. The minimum Gasteiger partial charge on any atom is -0.346 e. The van der Waals surface area contributed by atoms with Crippen LogP contribution < -0.4 is 10.8 Å². The summed E-state index contributed by atoms with van der Waals surface area (Å²) in [7, 11) is 5.83. The van der Waals surface area contributed by atoms with Gasteiger partial charge in [-0.15, -0.1) is 0 Å². The van der Waals surface area contributed by atoms with Crippen molar-refractivity contribution in [2.24, 2.45) is 0 Å². The fourth-order valence-electron chi connectivity index (χ4n) is 3.14. The topological polar surface area (TPSA) is 83.6 Å². The molecule has 3 aromatic rings. The molecule has 3 aromatic heterocycles. The third-order valence-electron chi connectivity index (χ3n) is 4.59. The Morgan fingerprint density at radius 1 is 1.22 bits per heavy atom. The van der Waals surface area contributed by atoms with Crippen LogP contribution in [0.3, 0.4) is 0 Å². The molecule has 3 heterocycles. The van der Waals surface area contributed by atoms with Crippen molar-refractivity contribution in [3.63, 3.8) is 0 Å². The summed E-state index contributed by atoms with van der Waals surface area (Å²) in [6.07, 6.45) is 15.1. The predicted molar refractivity (Wildman–Crippen MR) is 106 cm³/mol. The van der Waals surface area contributed by atoms with Crippen molar-refractivity contribution in [3.05, 3.63) is 60.5 Å². The molecule has 27 heavy (non-hydrogen) atoms. The fraction of sp³-hybridized carbons (Fsp3) is 0.200. The molecule has 1 atom stereocenters.